The van der Waals surface area contributed by atoms with Gasteiger partial charge in [0.25, 0.3) is 0 Å². The Hall–Kier alpha value is -1.06. The van der Waals surface area contributed by atoms with Crippen molar-refractivity contribution in [1.82, 2.24) is 10.2 Å². The van der Waals surface area contributed by atoms with Crippen molar-refractivity contribution in [3.05, 3.63) is 28.8 Å². The van der Waals surface area contributed by atoms with Gasteiger partial charge in [-0.3, -0.25) is 0 Å². The van der Waals surface area contributed by atoms with Crippen LogP contribution in [0.4, 0.5) is 0 Å². The normalized spacial score (nSPS) is 17.1. The Balaban J connectivity index is 2.16. The summed E-state index contributed by atoms with van der Waals surface area (Å²) >= 11 is 0. The van der Waals surface area contributed by atoms with Crippen LogP contribution in [-0.4, -0.2) is 37.2 Å². The molecule has 0 atom stereocenters. The number of hydrogen-bond donors (Lipinski definition) is 2. The molecule has 106 valence electrons. The molecule has 2 N–H and O–H groups in total. The second kappa shape index (κ2) is 6.40. The summed E-state index contributed by atoms with van der Waals surface area (Å²) in [5.41, 5.74) is 3.75. The zero-order valence-electron chi connectivity index (χ0n) is 12.4. The summed E-state index contributed by atoms with van der Waals surface area (Å²) in [5.74, 6) is 1.22. The fourth-order valence-electron chi connectivity index (χ4n) is 2.92. The van der Waals surface area contributed by atoms with Gasteiger partial charge in [-0.2, -0.15) is 0 Å². The predicted molar refractivity (Wildman–Crippen MR) is 79.5 cm³/mol. The summed E-state index contributed by atoms with van der Waals surface area (Å²) in [4.78, 5) is 2.11. The minimum Gasteiger partial charge on any atom is -0.508 e. The Bertz CT molecular complexity index is 423. The largest absolute Gasteiger partial charge is 0.508 e. The van der Waals surface area contributed by atoms with Gasteiger partial charge in [-0.05, 0) is 76.5 Å². The average molecular weight is 262 g/mol. The molecule has 0 aliphatic carbocycles. The molecule has 0 aromatic heterocycles. The summed E-state index contributed by atoms with van der Waals surface area (Å²) in [6, 6.07) is 3.97. The number of aromatic hydroxyl groups is 1. The molecule has 0 saturated carbocycles. The van der Waals surface area contributed by atoms with Crippen molar-refractivity contribution in [2.24, 2.45) is 5.92 Å². The predicted octanol–water partition coefficient (Wildman–Crippen LogP) is 2.30. The van der Waals surface area contributed by atoms with E-state index >= 15 is 0 Å². The van der Waals surface area contributed by atoms with E-state index in [1.165, 1.54) is 24.0 Å². The summed E-state index contributed by atoms with van der Waals surface area (Å²) in [6.07, 6.45) is 3.68. The van der Waals surface area contributed by atoms with Gasteiger partial charge in [0.1, 0.15) is 5.75 Å². The Labute approximate surface area is 116 Å². The van der Waals surface area contributed by atoms with E-state index in [0.29, 0.717) is 5.75 Å². The van der Waals surface area contributed by atoms with Crippen LogP contribution in [-0.2, 0) is 13.0 Å². The number of rotatable bonds is 4. The van der Waals surface area contributed by atoms with Crippen molar-refractivity contribution in [3.63, 3.8) is 0 Å². The first-order valence-electron chi connectivity index (χ1n) is 7.23. The fraction of sp³-hybridized carbons (Fsp3) is 0.625. The quantitative estimate of drug-likeness (QED) is 0.874. The van der Waals surface area contributed by atoms with Crippen LogP contribution < -0.4 is 5.32 Å². The molecule has 0 radical (unpaired) electrons. The molecule has 1 aromatic carbocycles. The molecule has 0 spiro atoms. The Morgan fingerprint density at radius 2 is 1.95 bits per heavy atom. The molecule has 0 unspecified atom stereocenters. The zero-order valence-corrected chi connectivity index (χ0v) is 12.4. The van der Waals surface area contributed by atoms with Crippen molar-refractivity contribution in [2.75, 3.05) is 27.2 Å². The minimum atomic E-state index is 0.431. The molecular formula is C16H26N2O. The van der Waals surface area contributed by atoms with Gasteiger partial charge in [0.05, 0.1) is 0 Å². The molecule has 1 aliphatic rings. The molecule has 0 amide bonds. The first-order valence-corrected chi connectivity index (χ1v) is 7.23. The van der Waals surface area contributed by atoms with E-state index in [1.54, 1.807) is 0 Å². The van der Waals surface area contributed by atoms with Crippen LogP contribution in [0.25, 0.3) is 0 Å². The molecule has 0 bridgehead atoms. The number of piperidine rings is 1. The van der Waals surface area contributed by atoms with Crippen LogP contribution in [0.5, 0.6) is 5.75 Å². The number of phenols is 1. The fourth-order valence-corrected chi connectivity index (χ4v) is 2.92. The van der Waals surface area contributed by atoms with Gasteiger partial charge in [-0.1, -0.05) is 6.07 Å². The lowest BCUT2D eigenvalue weighted by Crippen LogP contribution is -2.28. The molecule has 1 fully saturated rings. The molecule has 1 heterocycles. The summed E-state index contributed by atoms with van der Waals surface area (Å²) in [5, 5.41) is 13.4. The van der Waals surface area contributed by atoms with Crippen LogP contribution >= 0.6 is 0 Å². The monoisotopic (exact) mass is 262 g/mol. The lowest BCUT2D eigenvalue weighted by atomic mass is 9.88. The van der Waals surface area contributed by atoms with E-state index in [0.717, 1.165) is 37.5 Å². The second-order valence-electron chi connectivity index (χ2n) is 5.98. The van der Waals surface area contributed by atoms with Gasteiger partial charge in [0.15, 0.2) is 0 Å². The first-order chi connectivity index (χ1) is 9.08. The number of benzene rings is 1. The highest BCUT2D eigenvalue weighted by molar-refractivity contribution is 5.43. The Morgan fingerprint density at radius 1 is 1.26 bits per heavy atom. The maximum absolute atomic E-state index is 10.0. The first kappa shape index (κ1) is 14.4. The van der Waals surface area contributed by atoms with Gasteiger partial charge in [-0.25, -0.2) is 0 Å². The van der Waals surface area contributed by atoms with Crippen LogP contribution in [0.15, 0.2) is 12.1 Å². The van der Waals surface area contributed by atoms with E-state index in [4.69, 9.17) is 0 Å². The third-order valence-electron chi connectivity index (χ3n) is 4.13. The molecule has 3 heteroatoms. The Kier molecular flexibility index (Phi) is 4.83. The van der Waals surface area contributed by atoms with Crippen molar-refractivity contribution >= 4 is 0 Å². The van der Waals surface area contributed by atoms with Gasteiger partial charge in [0, 0.05) is 12.1 Å². The maximum Gasteiger partial charge on any atom is 0.120 e. The van der Waals surface area contributed by atoms with Gasteiger partial charge >= 0.3 is 0 Å². The smallest absolute Gasteiger partial charge is 0.120 e. The van der Waals surface area contributed by atoms with Crippen molar-refractivity contribution in [3.8, 4) is 5.75 Å². The van der Waals surface area contributed by atoms with E-state index < -0.39 is 0 Å². The summed E-state index contributed by atoms with van der Waals surface area (Å²) in [7, 11) is 4.08. The average Bonchev–Trinajstić information content (AvgIpc) is 2.39. The number of phenolic OH excluding ortho intramolecular Hbond substituents is 1. The van der Waals surface area contributed by atoms with E-state index in [2.05, 4.69) is 23.2 Å². The van der Waals surface area contributed by atoms with Crippen LogP contribution in [0, 0.1) is 12.8 Å². The lowest BCUT2D eigenvalue weighted by Gasteiger charge is -2.24. The third kappa shape index (κ3) is 3.71. The van der Waals surface area contributed by atoms with E-state index in [9.17, 15) is 5.11 Å². The van der Waals surface area contributed by atoms with Crippen LogP contribution in [0.2, 0.25) is 0 Å². The third-order valence-corrected chi connectivity index (χ3v) is 4.13. The topological polar surface area (TPSA) is 35.5 Å². The van der Waals surface area contributed by atoms with Gasteiger partial charge < -0.3 is 15.3 Å². The van der Waals surface area contributed by atoms with E-state index in [1.807, 2.05) is 20.2 Å². The van der Waals surface area contributed by atoms with E-state index in [-0.39, 0.29) is 0 Å². The second-order valence-corrected chi connectivity index (χ2v) is 5.98. The highest BCUT2D eigenvalue weighted by Gasteiger charge is 2.17. The molecular weight excluding hydrogens is 236 g/mol. The van der Waals surface area contributed by atoms with Gasteiger partial charge in [0.2, 0.25) is 0 Å². The highest BCUT2D eigenvalue weighted by Crippen LogP contribution is 2.28. The number of nitrogens with zero attached hydrogens (tertiary/aromatic N) is 1. The minimum absolute atomic E-state index is 0.431. The Morgan fingerprint density at radius 3 is 2.58 bits per heavy atom. The molecule has 1 aliphatic heterocycles. The summed E-state index contributed by atoms with van der Waals surface area (Å²) < 4.78 is 0. The zero-order chi connectivity index (χ0) is 13.8. The van der Waals surface area contributed by atoms with Crippen LogP contribution in [0.3, 0.4) is 0 Å². The van der Waals surface area contributed by atoms with Crippen molar-refractivity contribution in [1.29, 1.82) is 0 Å². The molecule has 1 aromatic rings. The van der Waals surface area contributed by atoms with Crippen molar-refractivity contribution in [2.45, 2.75) is 32.7 Å². The highest BCUT2D eigenvalue weighted by atomic mass is 16.3. The number of hydrogen-bond acceptors (Lipinski definition) is 3. The van der Waals surface area contributed by atoms with Gasteiger partial charge in [-0.15, -0.1) is 0 Å². The molecule has 19 heavy (non-hydrogen) atoms. The van der Waals surface area contributed by atoms with Crippen molar-refractivity contribution < 1.29 is 5.11 Å². The number of nitrogens with one attached hydrogen (secondary N) is 1. The maximum atomic E-state index is 10.0. The van der Waals surface area contributed by atoms with Crippen LogP contribution in [0.1, 0.15) is 29.5 Å². The standard InChI is InChI=1S/C16H26N2O/c1-12-14(10-13-6-8-17-9-7-13)4-5-16(19)15(12)11-18(2)3/h4-5,13,17,19H,6-11H2,1-3H3. The summed E-state index contributed by atoms with van der Waals surface area (Å²) in [6.45, 7) is 5.24. The lowest BCUT2D eigenvalue weighted by molar-refractivity contribution is 0.369. The molecule has 2 rings (SSSR count). The molecule has 3 nitrogen and oxygen atoms in total. The molecule has 1 saturated heterocycles. The SMILES string of the molecule is Cc1c(CC2CCNCC2)ccc(O)c1CN(C)C.